The average Bonchev–Trinajstić information content (AvgIpc) is 2.13. The van der Waals surface area contributed by atoms with E-state index in [2.05, 4.69) is 0 Å². The summed E-state index contributed by atoms with van der Waals surface area (Å²) in [6, 6.07) is 0. The Morgan fingerprint density at radius 2 is 2.00 bits per heavy atom. The minimum atomic E-state index is 0.0853. The van der Waals surface area contributed by atoms with E-state index in [9.17, 15) is 4.79 Å². The molecular formula is C11H18O2. The molecule has 0 aromatic carbocycles. The highest BCUT2D eigenvalue weighted by atomic mass is 16.5. The first-order chi connectivity index (χ1) is 6.35. The Labute approximate surface area is 79.7 Å². The third-order valence-corrected chi connectivity index (χ3v) is 3.64. The standard InChI is InChI=1S/C11H18O2/c12-9-11(4-1-5-11)8-10-2-6-13-7-3-10/h9-10H,1-8H2. The fourth-order valence-electron chi connectivity index (χ4n) is 2.53. The van der Waals surface area contributed by atoms with E-state index in [1.165, 1.54) is 12.7 Å². The Morgan fingerprint density at radius 1 is 1.31 bits per heavy atom. The van der Waals surface area contributed by atoms with Crippen LogP contribution in [-0.4, -0.2) is 19.5 Å². The van der Waals surface area contributed by atoms with Crippen LogP contribution in [0.5, 0.6) is 0 Å². The zero-order chi connectivity index (χ0) is 9.15. The van der Waals surface area contributed by atoms with E-state index in [1.807, 2.05) is 0 Å². The summed E-state index contributed by atoms with van der Waals surface area (Å²) in [7, 11) is 0. The molecule has 1 saturated heterocycles. The molecule has 0 spiro atoms. The molecule has 2 heteroatoms. The Kier molecular flexibility index (Phi) is 2.68. The van der Waals surface area contributed by atoms with Gasteiger partial charge in [-0.25, -0.2) is 0 Å². The van der Waals surface area contributed by atoms with Crippen molar-refractivity contribution in [3.8, 4) is 0 Å². The minimum Gasteiger partial charge on any atom is -0.381 e. The zero-order valence-electron chi connectivity index (χ0n) is 8.13. The van der Waals surface area contributed by atoms with Crippen LogP contribution >= 0.6 is 0 Å². The minimum absolute atomic E-state index is 0.0853. The Hall–Kier alpha value is -0.370. The summed E-state index contributed by atoms with van der Waals surface area (Å²) in [5, 5.41) is 0. The van der Waals surface area contributed by atoms with E-state index in [-0.39, 0.29) is 5.41 Å². The maximum atomic E-state index is 11.0. The lowest BCUT2D eigenvalue weighted by Crippen LogP contribution is -2.34. The molecule has 0 bridgehead atoms. The lowest BCUT2D eigenvalue weighted by atomic mass is 9.64. The molecule has 74 valence electrons. The topological polar surface area (TPSA) is 26.3 Å². The lowest BCUT2D eigenvalue weighted by Gasteiger charge is -2.40. The SMILES string of the molecule is O=CC1(CC2CCOCC2)CCC1. The molecule has 0 aromatic heterocycles. The summed E-state index contributed by atoms with van der Waals surface area (Å²) in [5.41, 5.74) is 0.0853. The summed E-state index contributed by atoms with van der Waals surface area (Å²) in [4.78, 5) is 11.0. The second-order valence-corrected chi connectivity index (χ2v) is 4.59. The molecule has 0 N–H and O–H groups in total. The van der Waals surface area contributed by atoms with Crippen LogP contribution in [0, 0.1) is 11.3 Å². The molecular weight excluding hydrogens is 164 g/mol. The first-order valence-electron chi connectivity index (χ1n) is 5.39. The normalized spacial score (nSPS) is 28.0. The van der Waals surface area contributed by atoms with Crippen LogP contribution in [0.2, 0.25) is 0 Å². The van der Waals surface area contributed by atoms with Gasteiger partial charge in [-0.15, -0.1) is 0 Å². The quantitative estimate of drug-likeness (QED) is 0.625. The molecule has 2 rings (SSSR count). The van der Waals surface area contributed by atoms with Gasteiger partial charge in [0, 0.05) is 18.6 Å². The van der Waals surface area contributed by atoms with Gasteiger partial charge in [0.2, 0.25) is 0 Å². The summed E-state index contributed by atoms with van der Waals surface area (Å²) in [5.74, 6) is 0.749. The van der Waals surface area contributed by atoms with Gasteiger partial charge in [-0.05, 0) is 38.0 Å². The van der Waals surface area contributed by atoms with E-state index in [0.29, 0.717) is 0 Å². The van der Waals surface area contributed by atoms with Crippen molar-refractivity contribution in [1.29, 1.82) is 0 Å². The maximum Gasteiger partial charge on any atom is 0.126 e. The van der Waals surface area contributed by atoms with E-state index >= 15 is 0 Å². The Balaban J connectivity index is 1.84. The smallest absolute Gasteiger partial charge is 0.126 e. The molecule has 2 fully saturated rings. The monoisotopic (exact) mass is 182 g/mol. The van der Waals surface area contributed by atoms with Crippen molar-refractivity contribution in [2.45, 2.75) is 38.5 Å². The number of aldehydes is 1. The van der Waals surface area contributed by atoms with Crippen LogP contribution in [0.4, 0.5) is 0 Å². The molecule has 0 atom stereocenters. The molecule has 0 aromatic rings. The highest BCUT2D eigenvalue weighted by Crippen LogP contribution is 2.45. The number of rotatable bonds is 3. The number of carbonyl (C=O) groups excluding carboxylic acids is 1. The van der Waals surface area contributed by atoms with E-state index in [4.69, 9.17) is 4.74 Å². The van der Waals surface area contributed by atoms with Crippen molar-refractivity contribution in [3.05, 3.63) is 0 Å². The molecule has 0 radical (unpaired) electrons. The van der Waals surface area contributed by atoms with Crippen molar-refractivity contribution in [3.63, 3.8) is 0 Å². The van der Waals surface area contributed by atoms with Crippen molar-refractivity contribution in [1.82, 2.24) is 0 Å². The highest BCUT2D eigenvalue weighted by molar-refractivity contribution is 5.60. The third kappa shape index (κ3) is 1.93. The van der Waals surface area contributed by atoms with Crippen LogP contribution in [0.1, 0.15) is 38.5 Å². The maximum absolute atomic E-state index is 11.0. The summed E-state index contributed by atoms with van der Waals surface area (Å²) < 4.78 is 5.31. The summed E-state index contributed by atoms with van der Waals surface area (Å²) in [6.07, 6.45) is 8.18. The van der Waals surface area contributed by atoms with Crippen LogP contribution in [-0.2, 0) is 9.53 Å². The lowest BCUT2D eigenvalue weighted by molar-refractivity contribution is -0.122. The van der Waals surface area contributed by atoms with Gasteiger partial charge in [0.05, 0.1) is 0 Å². The van der Waals surface area contributed by atoms with Gasteiger partial charge in [-0.2, -0.15) is 0 Å². The van der Waals surface area contributed by atoms with Crippen molar-refractivity contribution < 1.29 is 9.53 Å². The largest absolute Gasteiger partial charge is 0.381 e. The average molecular weight is 182 g/mol. The molecule has 13 heavy (non-hydrogen) atoms. The summed E-state index contributed by atoms with van der Waals surface area (Å²) >= 11 is 0. The fraction of sp³-hybridized carbons (Fsp3) is 0.909. The van der Waals surface area contributed by atoms with Crippen LogP contribution in [0.15, 0.2) is 0 Å². The molecule has 0 amide bonds. The second-order valence-electron chi connectivity index (χ2n) is 4.59. The van der Waals surface area contributed by atoms with Gasteiger partial charge in [0.15, 0.2) is 0 Å². The third-order valence-electron chi connectivity index (χ3n) is 3.64. The van der Waals surface area contributed by atoms with Crippen LogP contribution in [0.25, 0.3) is 0 Å². The Morgan fingerprint density at radius 3 is 2.46 bits per heavy atom. The molecule has 1 saturated carbocycles. The van der Waals surface area contributed by atoms with Crippen LogP contribution < -0.4 is 0 Å². The number of hydrogen-bond donors (Lipinski definition) is 0. The number of ether oxygens (including phenoxy) is 1. The summed E-state index contributed by atoms with van der Waals surface area (Å²) in [6.45, 7) is 1.80. The van der Waals surface area contributed by atoms with Crippen molar-refractivity contribution in [2.75, 3.05) is 13.2 Å². The van der Waals surface area contributed by atoms with Gasteiger partial charge < -0.3 is 9.53 Å². The number of carbonyl (C=O) groups is 1. The molecule has 1 heterocycles. The first kappa shape index (κ1) is 9.20. The first-order valence-corrected chi connectivity index (χ1v) is 5.39. The predicted octanol–water partition coefficient (Wildman–Crippen LogP) is 2.17. The van der Waals surface area contributed by atoms with Gasteiger partial charge in [-0.1, -0.05) is 6.42 Å². The molecule has 1 aliphatic heterocycles. The number of hydrogen-bond acceptors (Lipinski definition) is 2. The van der Waals surface area contributed by atoms with Gasteiger partial charge >= 0.3 is 0 Å². The molecule has 2 aliphatic rings. The highest BCUT2D eigenvalue weighted by Gasteiger charge is 2.38. The van der Waals surface area contributed by atoms with Gasteiger partial charge in [0.1, 0.15) is 6.29 Å². The van der Waals surface area contributed by atoms with E-state index in [1.54, 1.807) is 0 Å². The molecule has 1 aliphatic carbocycles. The van der Waals surface area contributed by atoms with Gasteiger partial charge in [0.25, 0.3) is 0 Å². The van der Waals surface area contributed by atoms with Gasteiger partial charge in [-0.3, -0.25) is 0 Å². The molecule has 0 unspecified atom stereocenters. The van der Waals surface area contributed by atoms with Crippen molar-refractivity contribution in [2.24, 2.45) is 11.3 Å². The predicted molar refractivity (Wildman–Crippen MR) is 50.5 cm³/mol. The van der Waals surface area contributed by atoms with E-state index in [0.717, 1.165) is 51.2 Å². The fourth-order valence-corrected chi connectivity index (χ4v) is 2.53. The van der Waals surface area contributed by atoms with Crippen molar-refractivity contribution >= 4 is 6.29 Å². The van der Waals surface area contributed by atoms with E-state index < -0.39 is 0 Å². The second kappa shape index (κ2) is 3.79. The zero-order valence-corrected chi connectivity index (χ0v) is 8.13. The Bertz CT molecular complexity index is 179. The van der Waals surface area contributed by atoms with Crippen LogP contribution in [0.3, 0.4) is 0 Å². The molecule has 2 nitrogen and oxygen atoms in total.